The maximum absolute atomic E-state index is 12.8. The lowest BCUT2D eigenvalue weighted by Crippen LogP contribution is -2.54. The normalized spacial score (nSPS) is 19.0. The lowest BCUT2D eigenvalue weighted by molar-refractivity contribution is -0.136. The molecule has 132 valence electrons. The SMILES string of the molecule is C#CCCC(=O)Nc1cccc2c1C(=O)N(C1CCC(=O)NC1=O)C2=O. The smallest absolute Gasteiger partial charge is 0.264 e. The number of carbonyl (C=O) groups excluding carboxylic acids is 5. The Hall–Kier alpha value is -3.47. The van der Waals surface area contributed by atoms with Crippen LogP contribution in [-0.2, 0) is 14.4 Å². The maximum atomic E-state index is 12.8. The highest BCUT2D eigenvalue weighted by Crippen LogP contribution is 2.32. The molecule has 1 fully saturated rings. The molecule has 0 bridgehead atoms. The summed E-state index contributed by atoms with van der Waals surface area (Å²) in [5.41, 5.74) is 0.336. The summed E-state index contributed by atoms with van der Waals surface area (Å²) in [7, 11) is 0. The predicted octanol–water partition coefficient (Wildman–Crippen LogP) is 0.440. The summed E-state index contributed by atoms with van der Waals surface area (Å²) in [5.74, 6) is -0.454. The monoisotopic (exact) mass is 353 g/mol. The quantitative estimate of drug-likeness (QED) is 0.602. The molecule has 1 atom stereocenters. The number of benzene rings is 1. The molecule has 5 amide bonds. The van der Waals surface area contributed by atoms with Gasteiger partial charge in [-0.2, -0.15) is 0 Å². The molecule has 1 aromatic carbocycles. The summed E-state index contributed by atoms with van der Waals surface area (Å²) < 4.78 is 0. The second kappa shape index (κ2) is 6.80. The van der Waals surface area contributed by atoms with Crippen molar-refractivity contribution in [2.75, 3.05) is 5.32 Å². The Morgan fingerprint density at radius 2 is 2.04 bits per heavy atom. The third-order valence-corrected chi connectivity index (χ3v) is 4.24. The third kappa shape index (κ3) is 2.95. The third-order valence-electron chi connectivity index (χ3n) is 4.24. The van der Waals surface area contributed by atoms with Gasteiger partial charge in [-0.25, -0.2) is 0 Å². The fourth-order valence-corrected chi connectivity index (χ4v) is 3.02. The lowest BCUT2D eigenvalue weighted by Gasteiger charge is -2.27. The van der Waals surface area contributed by atoms with Crippen LogP contribution in [0.1, 0.15) is 46.4 Å². The van der Waals surface area contributed by atoms with Crippen molar-refractivity contribution in [2.24, 2.45) is 0 Å². The first-order valence-electron chi connectivity index (χ1n) is 8.02. The fourth-order valence-electron chi connectivity index (χ4n) is 3.02. The topological polar surface area (TPSA) is 113 Å². The molecule has 0 aliphatic carbocycles. The summed E-state index contributed by atoms with van der Waals surface area (Å²) in [6.07, 6.45) is 5.57. The van der Waals surface area contributed by atoms with Gasteiger partial charge in [0.25, 0.3) is 11.8 Å². The Bertz CT molecular complexity index is 883. The van der Waals surface area contributed by atoms with E-state index in [9.17, 15) is 24.0 Å². The molecule has 3 rings (SSSR count). The van der Waals surface area contributed by atoms with Gasteiger partial charge in [0.05, 0.1) is 16.8 Å². The lowest BCUT2D eigenvalue weighted by atomic mass is 10.0. The number of piperidine rings is 1. The van der Waals surface area contributed by atoms with E-state index >= 15 is 0 Å². The summed E-state index contributed by atoms with van der Waals surface area (Å²) >= 11 is 0. The first kappa shape index (κ1) is 17.4. The Kier molecular flexibility index (Phi) is 4.54. The van der Waals surface area contributed by atoms with E-state index in [1.807, 2.05) is 0 Å². The molecule has 1 saturated heterocycles. The van der Waals surface area contributed by atoms with Gasteiger partial charge in [0, 0.05) is 19.3 Å². The second-order valence-corrected chi connectivity index (χ2v) is 5.93. The number of terminal acetylenes is 1. The van der Waals surface area contributed by atoms with Crippen LogP contribution in [0.25, 0.3) is 0 Å². The number of amides is 5. The average molecular weight is 353 g/mol. The zero-order chi connectivity index (χ0) is 18.8. The number of hydrogen-bond acceptors (Lipinski definition) is 5. The van der Waals surface area contributed by atoms with Gasteiger partial charge in [0.2, 0.25) is 17.7 Å². The molecular formula is C18H15N3O5. The summed E-state index contributed by atoms with van der Waals surface area (Å²) in [6.45, 7) is 0. The van der Waals surface area contributed by atoms with Crippen LogP contribution in [0, 0.1) is 12.3 Å². The maximum Gasteiger partial charge on any atom is 0.264 e. The van der Waals surface area contributed by atoms with Crippen molar-refractivity contribution in [3.8, 4) is 12.3 Å². The minimum absolute atomic E-state index is 0.0382. The van der Waals surface area contributed by atoms with Gasteiger partial charge in [-0.3, -0.25) is 34.2 Å². The van der Waals surface area contributed by atoms with Crippen LogP contribution in [0.5, 0.6) is 0 Å². The number of hydrogen-bond donors (Lipinski definition) is 2. The van der Waals surface area contributed by atoms with Gasteiger partial charge < -0.3 is 5.32 Å². The summed E-state index contributed by atoms with van der Waals surface area (Å²) in [6, 6.07) is 3.45. The molecule has 1 aromatic rings. The molecule has 2 aliphatic heterocycles. The van der Waals surface area contributed by atoms with Crippen molar-refractivity contribution in [1.82, 2.24) is 10.2 Å². The van der Waals surface area contributed by atoms with E-state index in [2.05, 4.69) is 16.6 Å². The summed E-state index contributed by atoms with van der Waals surface area (Å²) in [5, 5.41) is 4.71. The van der Waals surface area contributed by atoms with Crippen LogP contribution in [0.3, 0.4) is 0 Å². The van der Waals surface area contributed by atoms with E-state index in [0.29, 0.717) is 0 Å². The van der Waals surface area contributed by atoms with Gasteiger partial charge in [-0.1, -0.05) is 6.07 Å². The van der Waals surface area contributed by atoms with E-state index in [1.165, 1.54) is 18.2 Å². The number of nitrogens with one attached hydrogen (secondary N) is 2. The van der Waals surface area contributed by atoms with E-state index in [1.54, 1.807) is 0 Å². The highest BCUT2D eigenvalue weighted by molar-refractivity contribution is 6.26. The molecule has 0 radical (unpaired) electrons. The van der Waals surface area contributed by atoms with Crippen LogP contribution >= 0.6 is 0 Å². The van der Waals surface area contributed by atoms with Crippen LogP contribution in [0.4, 0.5) is 5.69 Å². The van der Waals surface area contributed by atoms with E-state index in [4.69, 9.17) is 6.42 Å². The van der Waals surface area contributed by atoms with Crippen LogP contribution < -0.4 is 10.6 Å². The number of nitrogens with zero attached hydrogens (tertiary/aromatic N) is 1. The zero-order valence-electron chi connectivity index (χ0n) is 13.7. The Morgan fingerprint density at radius 3 is 2.73 bits per heavy atom. The molecule has 0 saturated carbocycles. The van der Waals surface area contributed by atoms with Crippen LogP contribution in [-0.4, -0.2) is 40.5 Å². The number of fused-ring (bicyclic) bond motifs is 1. The number of anilines is 1. The number of carbonyl (C=O) groups is 5. The van der Waals surface area contributed by atoms with Gasteiger partial charge in [-0.05, 0) is 18.6 Å². The standard InChI is InChI=1S/C18H15N3O5/c1-2-3-7-13(22)19-11-6-4-5-10-15(11)18(26)21(17(10)25)12-8-9-14(23)20-16(12)24/h1,4-6,12H,3,7-9H2,(H,19,22)(H,20,23,24). The van der Waals surface area contributed by atoms with Crippen molar-refractivity contribution in [3.63, 3.8) is 0 Å². The highest BCUT2D eigenvalue weighted by Gasteiger charge is 2.45. The van der Waals surface area contributed by atoms with Gasteiger partial charge in [0.1, 0.15) is 6.04 Å². The molecule has 26 heavy (non-hydrogen) atoms. The minimum Gasteiger partial charge on any atom is -0.325 e. The van der Waals surface area contributed by atoms with Crippen molar-refractivity contribution in [2.45, 2.75) is 31.7 Å². The fraction of sp³-hybridized carbons (Fsp3) is 0.278. The highest BCUT2D eigenvalue weighted by atomic mass is 16.2. The van der Waals surface area contributed by atoms with Gasteiger partial charge in [-0.15, -0.1) is 12.3 Å². The van der Waals surface area contributed by atoms with Gasteiger partial charge in [0.15, 0.2) is 0 Å². The molecular weight excluding hydrogens is 338 g/mol. The molecule has 1 unspecified atom stereocenters. The van der Waals surface area contributed by atoms with Crippen molar-refractivity contribution >= 4 is 35.2 Å². The van der Waals surface area contributed by atoms with E-state index in [0.717, 1.165) is 4.90 Å². The molecule has 2 N–H and O–H groups in total. The van der Waals surface area contributed by atoms with E-state index < -0.39 is 29.7 Å². The zero-order valence-corrected chi connectivity index (χ0v) is 13.7. The minimum atomic E-state index is -1.05. The van der Waals surface area contributed by atoms with E-state index in [-0.39, 0.29) is 48.4 Å². The van der Waals surface area contributed by atoms with Crippen molar-refractivity contribution in [1.29, 1.82) is 0 Å². The van der Waals surface area contributed by atoms with Crippen LogP contribution in [0.2, 0.25) is 0 Å². The molecule has 8 heteroatoms. The Balaban J connectivity index is 1.89. The predicted molar refractivity (Wildman–Crippen MR) is 89.8 cm³/mol. The molecule has 0 spiro atoms. The van der Waals surface area contributed by atoms with Gasteiger partial charge >= 0.3 is 0 Å². The molecule has 2 aliphatic rings. The Labute approximate surface area is 148 Å². The first-order valence-corrected chi connectivity index (χ1v) is 8.02. The molecule has 2 heterocycles. The molecule has 0 aromatic heterocycles. The molecule has 8 nitrogen and oxygen atoms in total. The number of rotatable bonds is 4. The first-order chi connectivity index (χ1) is 12.4. The van der Waals surface area contributed by atoms with Crippen LogP contribution in [0.15, 0.2) is 18.2 Å². The average Bonchev–Trinajstić information content (AvgIpc) is 2.85. The second-order valence-electron chi connectivity index (χ2n) is 5.93. The van der Waals surface area contributed by atoms with Crippen molar-refractivity contribution < 1.29 is 24.0 Å². The largest absolute Gasteiger partial charge is 0.325 e. The summed E-state index contributed by atoms with van der Waals surface area (Å²) in [4.78, 5) is 61.6. The van der Waals surface area contributed by atoms with Crippen molar-refractivity contribution in [3.05, 3.63) is 29.3 Å². The Morgan fingerprint density at radius 1 is 1.27 bits per heavy atom. The number of imide groups is 2.